The van der Waals surface area contributed by atoms with Gasteiger partial charge in [-0.3, -0.25) is 9.78 Å². The predicted octanol–water partition coefficient (Wildman–Crippen LogP) is 3.30. The number of esters is 1. The molecule has 1 saturated heterocycles. The fourth-order valence-electron chi connectivity index (χ4n) is 3.21. The second-order valence-electron chi connectivity index (χ2n) is 6.48. The third-order valence-corrected chi connectivity index (χ3v) is 4.58. The van der Waals surface area contributed by atoms with Crippen LogP contribution in [0.2, 0.25) is 0 Å². The van der Waals surface area contributed by atoms with E-state index < -0.39 is 5.97 Å². The fourth-order valence-corrected chi connectivity index (χ4v) is 3.21. The van der Waals surface area contributed by atoms with Gasteiger partial charge in [-0.25, -0.2) is 4.79 Å². The van der Waals surface area contributed by atoms with Crippen LogP contribution in [0.25, 0.3) is 11.1 Å². The van der Waals surface area contributed by atoms with E-state index in [1.165, 1.54) is 6.20 Å². The molecule has 27 heavy (non-hydrogen) atoms. The summed E-state index contributed by atoms with van der Waals surface area (Å²) >= 11 is 0. The summed E-state index contributed by atoms with van der Waals surface area (Å²) in [7, 11) is 0. The van der Waals surface area contributed by atoms with Crippen LogP contribution in [-0.2, 0) is 4.74 Å². The third-order valence-electron chi connectivity index (χ3n) is 4.58. The molecule has 1 atom stereocenters. The number of pyridine rings is 1. The topological polar surface area (TPSA) is 83.3 Å². The predicted molar refractivity (Wildman–Crippen MR) is 99.9 cm³/mol. The summed E-state index contributed by atoms with van der Waals surface area (Å²) in [5, 5.41) is 9.13. The van der Waals surface area contributed by atoms with Crippen molar-refractivity contribution in [3.8, 4) is 17.2 Å². The van der Waals surface area contributed by atoms with Crippen molar-refractivity contribution in [3.63, 3.8) is 0 Å². The molecule has 0 N–H and O–H groups in total. The van der Waals surface area contributed by atoms with E-state index in [0.29, 0.717) is 30.8 Å². The Morgan fingerprint density at radius 1 is 1.26 bits per heavy atom. The number of aromatic nitrogens is 1. The number of nitrogens with zero attached hydrogens (tertiary/aromatic N) is 3. The van der Waals surface area contributed by atoms with E-state index in [-0.39, 0.29) is 11.8 Å². The van der Waals surface area contributed by atoms with E-state index in [0.717, 1.165) is 24.0 Å². The molecule has 0 saturated carbocycles. The lowest BCUT2D eigenvalue weighted by atomic mass is 9.98. The Labute approximate surface area is 158 Å². The van der Waals surface area contributed by atoms with Gasteiger partial charge >= 0.3 is 5.97 Å². The molecule has 0 radical (unpaired) electrons. The van der Waals surface area contributed by atoms with Crippen molar-refractivity contribution in [2.24, 2.45) is 5.92 Å². The van der Waals surface area contributed by atoms with Crippen molar-refractivity contribution in [2.75, 3.05) is 19.7 Å². The summed E-state index contributed by atoms with van der Waals surface area (Å²) in [6.07, 6.45) is 4.80. The Balaban J connectivity index is 1.84. The number of hydrogen-bond acceptors (Lipinski definition) is 5. The maximum absolute atomic E-state index is 12.8. The number of likely N-dealkylation sites (tertiary alicyclic amines) is 1. The minimum absolute atomic E-state index is 0.0775. The van der Waals surface area contributed by atoms with Gasteiger partial charge in [-0.2, -0.15) is 5.26 Å². The van der Waals surface area contributed by atoms with E-state index in [9.17, 15) is 9.59 Å². The molecule has 0 aliphatic carbocycles. The van der Waals surface area contributed by atoms with Crippen molar-refractivity contribution in [1.82, 2.24) is 9.88 Å². The van der Waals surface area contributed by atoms with Gasteiger partial charge in [0.15, 0.2) is 0 Å². The molecule has 1 aromatic carbocycles. The lowest BCUT2D eigenvalue weighted by Gasteiger charge is -2.29. The summed E-state index contributed by atoms with van der Waals surface area (Å²) in [4.78, 5) is 30.6. The first-order valence-corrected chi connectivity index (χ1v) is 9.04. The monoisotopic (exact) mass is 363 g/mol. The van der Waals surface area contributed by atoms with Crippen molar-refractivity contribution >= 4 is 11.9 Å². The normalized spacial score (nSPS) is 16.4. The first-order chi connectivity index (χ1) is 13.1. The second kappa shape index (κ2) is 8.45. The lowest BCUT2D eigenvalue weighted by molar-refractivity contribution is 0.0525. The smallest absolute Gasteiger partial charge is 0.339 e. The number of carbonyl (C=O) groups is 2. The number of amides is 1. The van der Waals surface area contributed by atoms with Gasteiger partial charge in [-0.1, -0.05) is 12.1 Å². The Morgan fingerprint density at radius 2 is 2.07 bits per heavy atom. The summed E-state index contributed by atoms with van der Waals surface area (Å²) < 4.78 is 5.01. The van der Waals surface area contributed by atoms with E-state index in [2.05, 4.69) is 11.1 Å². The molecule has 1 aliphatic rings. The highest BCUT2D eigenvalue weighted by Gasteiger charge is 2.24. The number of hydrogen-bond donors (Lipinski definition) is 0. The average Bonchev–Trinajstić information content (AvgIpc) is 2.73. The molecule has 0 spiro atoms. The largest absolute Gasteiger partial charge is 0.462 e. The second-order valence-corrected chi connectivity index (χ2v) is 6.48. The molecule has 1 unspecified atom stereocenters. The lowest BCUT2D eigenvalue weighted by Crippen LogP contribution is -2.39. The molecule has 1 fully saturated rings. The molecule has 1 aliphatic heterocycles. The Hall–Kier alpha value is -3.20. The standard InChI is InChI=1S/C21H21N3O3/c1-2-27-21(26)19-10-18(12-23-13-19)16-6-3-7-17(9-16)20(25)24-8-4-5-15(11-22)14-24/h3,6-7,9-10,12-13,15H,2,4-5,8,14H2,1H3. The van der Waals surface area contributed by atoms with Gasteiger partial charge in [0.25, 0.3) is 5.91 Å². The van der Waals surface area contributed by atoms with Gasteiger partial charge in [0, 0.05) is 36.6 Å². The van der Waals surface area contributed by atoms with Gasteiger partial charge in [-0.05, 0) is 43.5 Å². The Morgan fingerprint density at radius 3 is 2.85 bits per heavy atom. The summed E-state index contributed by atoms with van der Waals surface area (Å²) in [6, 6.07) is 11.2. The zero-order chi connectivity index (χ0) is 19.2. The van der Waals surface area contributed by atoms with Gasteiger partial charge in [0.05, 0.1) is 24.2 Å². The highest BCUT2D eigenvalue weighted by Crippen LogP contribution is 2.23. The molecule has 1 aromatic heterocycles. The first kappa shape index (κ1) is 18.6. The fraction of sp³-hybridized carbons (Fsp3) is 0.333. The van der Waals surface area contributed by atoms with Crippen molar-refractivity contribution < 1.29 is 14.3 Å². The zero-order valence-electron chi connectivity index (χ0n) is 15.2. The molecule has 6 heteroatoms. The molecular formula is C21H21N3O3. The van der Waals surface area contributed by atoms with Gasteiger partial charge < -0.3 is 9.64 Å². The van der Waals surface area contributed by atoms with Crippen LogP contribution in [-0.4, -0.2) is 41.5 Å². The Kier molecular flexibility index (Phi) is 5.82. The minimum atomic E-state index is -0.421. The van der Waals surface area contributed by atoms with E-state index in [4.69, 9.17) is 10.00 Å². The highest BCUT2D eigenvalue weighted by molar-refractivity contribution is 5.96. The molecule has 1 amide bonds. The maximum atomic E-state index is 12.8. The number of nitriles is 1. The molecule has 2 heterocycles. The number of rotatable bonds is 4. The number of ether oxygens (including phenoxy) is 1. The van der Waals surface area contributed by atoms with Gasteiger partial charge in [-0.15, -0.1) is 0 Å². The number of carbonyl (C=O) groups excluding carboxylic acids is 2. The van der Waals surface area contributed by atoms with Crippen LogP contribution in [0.3, 0.4) is 0 Å². The van der Waals surface area contributed by atoms with E-state index in [1.807, 2.05) is 12.1 Å². The van der Waals surface area contributed by atoms with E-state index >= 15 is 0 Å². The van der Waals surface area contributed by atoms with Crippen LogP contribution in [0, 0.1) is 17.2 Å². The molecule has 6 nitrogen and oxygen atoms in total. The quantitative estimate of drug-likeness (QED) is 0.778. The zero-order valence-corrected chi connectivity index (χ0v) is 15.2. The Bertz CT molecular complexity index is 888. The van der Waals surface area contributed by atoms with Crippen LogP contribution in [0.5, 0.6) is 0 Å². The highest BCUT2D eigenvalue weighted by atomic mass is 16.5. The number of benzene rings is 1. The summed E-state index contributed by atoms with van der Waals surface area (Å²) in [5.41, 5.74) is 2.48. The first-order valence-electron chi connectivity index (χ1n) is 9.04. The third kappa shape index (κ3) is 4.32. The van der Waals surface area contributed by atoms with Crippen molar-refractivity contribution in [2.45, 2.75) is 19.8 Å². The molecule has 0 bridgehead atoms. The molecule has 3 rings (SSSR count). The van der Waals surface area contributed by atoms with Crippen LogP contribution in [0.1, 0.15) is 40.5 Å². The van der Waals surface area contributed by atoms with Crippen LogP contribution in [0.15, 0.2) is 42.7 Å². The summed E-state index contributed by atoms with van der Waals surface area (Å²) in [5.74, 6) is -0.599. The van der Waals surface area contributed by atoms with Gasteiger partial charge in [0.2, 0.25) is 0 Å². The maximum Gasteiger partial charge on any atom is 0.339 e. The van der Waals surface area contributed by atoms with Crippen molar-refractivity contribution in [3.05, 3.63) is 53.9 Å². The van der Waals surface area contributed by atoms with Crippen molar-refractivity contribution in [1.29, 1.82) is 5.26 Å². The van der Waals surface area contributed by atoms with Crippen LogP contribution in [0.4, 0.5) is 0 Å². The van der Waals surface area contributed by atoms with E-state index in [1.54, 1.807) is 36.2 Å². The molecule has 2 aromatic rings. The average molecular weight is 363 g/mol. The van der Waals surface area contributed by atoms with Crippen LogP contribution < -0.4 is 0 Å². The van der Waals surface area contributed by atoms with Gasteiger partial charge in [0.1, 0.15) is 0 Å². The molecule has 138 valence electrons. The number of piperidine rings is 1. The SMILES string of the molecule is CCOC(=O)c1cncc(-c2cccc(C(=O)N3CCCC(C#N)C3)c2)c1. The summed E-state index contributed by atoms with van der Waals surface area (Å²) in [6.45, 7) is 3.19. The minimum Gasteiger partial charge on any atom is -0.462 e. The molecular weight excluding hydrogens is 342 g/mol. The van der Waals surface area contributed by atoms with Crippen LogP contribution >= 0.6 is 0 Å².